The lowest BCUT2D eigenvalue weighted by molar-refractivity contribution is -0.271. The van der Waals surface area contributed by atoms with E-state index in [2.05, 4.69) is 0 Å². The minimum atomic E-state index is -1.94. The van der Waals surface area contributed by atoms with Gasteiger partial charge in [-0.1, -0.05) is 30.3 Å². The van der Waals surface area contributed by atoms with Crippen LogP contribution in [0.15, 0.2) is 51.7 Å². The van der Waals surface area contributed by atoms with E-state index in [1.165, 1.54) is 0 Å². The van der Waals surface area contributed by atoms with Crippen LogP contribution < -0.4 is 10.2 Å². The van der Waals surface area contributed by atoms with E-state index in [4.69, 9.17) is 19.0 Å². The lowest BCUT2D eigenvalue weighted by Gasteiger charge is -2.38. The maximum Gasteiger partial charge on any atom is 0.335 e. The first-order chi connectivity index (χ1) is 15.2. The molecule has 32 heavy (non-hydrogen) atoms. The number of fused-ring (bicyclic) bond motifs is 1. The van der Waals surface area contributed by atoms with E-state index in [0.29, 0.717) is 5.56 Å². The number of carboxylic acids is 1. The highest BCUT2D eigenvalue weighted by Crippen LogP contribution is 2.42. The molecule has 2 aromatic carbocycles. The van der Waals surface area contributed by atoms with E-state index in [1.54, 1.807) is 30.3 Å². The van der Waals surface area contributed by atoms with Gasteiger partial charge in [0.2, 0.25) is 12.0 Å². The highest BCUT2D eigenvalue weighted by atomic mass is 16.7. The Morgan fingerprint density at radius 3 is 2.28 bits per heavy atom. The molecule has 6 N–H and O–H groups in total. The fourth-order valence-electron chi connectivity index (χ4n) is 3.38. The van der Waals surface area contributed by atoms with Crippen LogP contribution >= 0.6 is 0 Å². The molecule has 168 valence electrons. The average molecular weight is 446 g/mol. The maximum absolute atomic E-state index is 12.5. The molecule has 0 aliphatic carbocycles. The van der Waals surface area contributed by atoms with E-state index in [1.807, 2.05) is 0 Å². The van der Waals surface area contributed by atoms with Crippen LogP contribution in [0.2, 0.25) is 0 Å². The highest BCUT2D eigenvalue weighted by molar-refractivity contribution is 5.89. The van der Waals surface area contributed by atoms with Crippen molar-refractivity contribution in [3.8, 4) is 28.6 Å². The highest BCUT2D eigenvalue weighted by Gasteiger charge is 2.48. The second kappa shape index (κ2) is 8.13. The van der Waals surface area contributed by atoms with Crippen molar-refractivity contribution < 1.29 is 49.3 Å². The molecule has 3 aromatic rings. The number of rotatable bonds is 4. The molecule has 4 rings (SSSR count). The molecule has 5 atom stereocenters. The lowest BCUT2D eigenvalue weighted by atomic mass is 9.99. The second-order valence-electron chi connectivity index (χ2n) is 7.14. The standard InChI is InChI=1S/C21H18O11/c22-9-6-10(8-4-2-1-3-5-8)30-11-7-12(14(23)15(24)13(9)11)31-21-18(27)16(25)17(26)19(32-21)20(28)29/h1-7,16-19,21,23-27H,(H,28,29)/t16-,17-,18+,19+,21+/m0/s1. The summed E-state index contributed by atoms with van der Waals surface area (Å²) in [6, 6.07) is 10.8. The Balaban J connectivity index is 1.77. The number of aliphatic hydroxyl groups excluding tert-OH is 3. The van der Waals surface area contributed by atoms with Crippen LogP contribution in [-0.4, -0.2) is 67.3 Å². The van der Waals surface area contributed by atoms with E-state index in [9.17, 15) is 35.1 Å². The van der Waals surface area contributed by atoms with Gasteiger partial charge in [-0.2, -0.15) is 0 Å². The van der Waals surface area contributed by atoms with E-state index in [0.717, 1.165) is 12.1 Å². The van der Waals surface area contributed by atoms with Gasteiger partial charge in [-0.15, -0.1) is 0 Å². The Kier molecular flexibility index (Phi) is 5.48. The number of hydrogen-bond donors (Lipinski definition) is 6. The van der Waals surface area contributed by atoms with Crippen molar-refractivity contribution in [2.45, 2.75) is 30.7 Å². The number of aliphatic hydroxyl groups is 3. The zero-order chi connectivity index (χ0) is 23.2. The van der Waals surface area contributed by atoms with E-state index < -0.39 is 59.4 Å². The molecule has 0 radical (unpaired) electrons. The summed E-state index contributed by atoms with van der Waals surface area (Å²) in [5.41, 5.74) is -0.265. The van der Waals surface area contributed by atoms with Crippen LogP contribution in [-0.2, 0) is 9.53 Å². The van der Waals surface area contributed by atoms with Gasteiger partial charge >= 0.3 is 5.97 Å². The molecule has 11 heteroatoms. The lowest BCUT2D eigenvalue weighted by Crippen LogP contribution is -2.61. The third-order valence-electron chi connectivity index (χ3n) is 5.05. The van der Waals surface area contributed by atoms with Gasteiger partial charge in [-0.3, -0.25) is 4.79 Å². The van der Waals surface area contributed by atoms with Crippen molar-refractivity contribution in [2.75, 3.05) is 0 Å². The number of aliphatic carboxylic acids is 1. The maximum atomic E-state index is 12.5. The van der Waals surface area contributed by atoms with Crippen molar-refractivity contribution in [3.05, 3.63) is 52.7 Å². The SMILES string of the molecule is O=C(O)[C@@H]1O[C@@H](Oc2cc3oc(-c4ccccc4)cc(=O)c3c(O)c2O)[C@H](O)[C@@H](O)[C@@H]1O. The van der Waals surface area contributed by atoms with E-state index >= 15 is 0 Å². The molecule has 0 unspecified atom stereocenters. The molecule has 1 aromatic heterocycles. The smallest absolute Gasteiger partial charge is 0.335 e. The summed E-state index contributed by atoms with van der Waals surface area (Å²) in [4.78, 5) is 23.8. The van der Waals surface area contributed by atoms with Crippen LogP contribution in [0.3, 0.4) is 0 Å². The van der Waals surface area contributed by atoms with Gasteiger partial charge < -0.3 is 44.5 Å². The van der Waals surface area contributed by atoms with Crippen molar-refractivity contribution in [3.63, 3.8) is 0 Å². The minimum Gasteiger partial charge on any atom is -0.504 e. The zero-order valence-corrected chi connectivity index (χ0v) is 16.2. The fraction of sp³-hybridized carbons (Fsp3) is 0.238. The summed E-state index contributed by atoms with van der Waals surface area (Å²) in [5.74, 6) is -3.76. The molecule has 2 heterocycles. The molecular weight excluding hydrogens is 428 g/mol. The molecule has 11 nitrogen and oxygen atoms in total. The molecule has 0 bridgehead atoms. The predicted octanol–water partition coefficient (Wildman–Crippen LogP) is 0.142. The Morgan fingerprint density at radius 2 is 1.62 bits per heavy atom. The Labute approximate surface area is 178 Å². The van der Waals surface area contributed by atoms with Crippen LogP contribution in [0.5, 0.6) is 17.2 Å². The predicted molar refractivity (Wildman–Crippen MR) is 106 cm³/mol. The number of hydrogen-bond acceptors (Lipinski definition) is 10. The van der Waals surface area contributed by atoms with Crippen molar-refractivity contribution in [1.82, 2.24) is 0 Å². The quantitative estimate of drug-likeness (QED) is 0.299. The molecule has 1 saturated heterocycles. The molecule has 0 amide bonds. The first kappa shape index (κ1) is 21.6. The summed E-state index contributed by atoms with van der Waals surface area (Å²) >= 11 is 0. The number of carbonyl (C=O) groups is 1. The van der Waals surface area contributed by atoms with Gasteiger partial charge in [0.25, 0.3) is 0 Å². The largest absolute Gasteiger partial charge is 0.504 e. The summed E-state index contributed by atoms with van der Waals surface area (Å²) in [7, 11) is 0. The van der Waals surface area contributed by atoms with Gasteiger partial charge in [0.05, 0.1) is 0 Å². The summed E-state index contributed by atoms with van der Waals surface area (Å²) < 4.78 is 16.0. The van der Waals surface area contributed by atoms with Crippen molar-refractivity contribution >= 4 is 16.9 Å². The zero-order valence-electron chi connectivity index (χ0n) is 16.2. The third-order valence-corrected chi connectivity index (χ3v) is 5.05. The topological polar surface area (TPSA) is 187 Å². The van der Waals surface area contributed by atoms with Gasteiger partial charge in [-0.25, -0.2) is 4.79 Å². The Hall–Kier alpha value is -3.64. The molecule has 1 aliphatic heterocycles. The van der Waals surface area contributed by atoms with Crippen molar-refractivity contribution in [2.24, 2.45) is 0 Å². The first-order valence-electron chi connectivity index (χ1n) is 9.36. The number of ether oxygens (including phenoxy) is 2. The molecule has 0 saturated carbocycles. The molecular formula is C21H18O11. The number of phenols is 2. The first-order valence-corrected chi connectivity index (χ1v) is 9.36. The van der Waals surface area contributed by atoms with Crippen LogP contribution in [0.1, 0.15) is 0 Å². The summed E-state index contributed by atoms with van der Waals surface area (Å²) in [6.07, 6.45) is -9.56. The van der Waals surface area contributed by atoms with Crippen molar-refractivity contribution in [1.29, 1.82) is 0 Å². The molecule has 1 aliphatic rings. The Morgan fingerprint density at radius 1 is 0.938 bits per heavy atom. The van der Waals surface area contributed by atoms with Gasteiger partial charge in [0, 0.05) is 17.7 Å². The number of phenolic OH excluding ortho intramolecular Hbond substituents is 2. The monoisotopic (exact) mass is 446 g/mol. The van der Waals surface area contributed by atoms with Crippen LogP contribution in [0.25, 0.3) is 22.3 Å². The van der Waals surface area contributed by atoms with Gasteiger partial charge in [0.15, 0.2) is 23.0 Å². The summed E-state index contributed by atoms with van der Waals surface area (Å²) in [5, 5.41) is 59.2. The average Bonchev–Trinajstić information content (AvgIpc) is 2.77. The Bertz CT molecular complexity index is 1220. The van der Waals surface area contributed by atoms with E-state index in [-0.39, 0.29) is 16.7 Å². The number of benzene rings is 2. The normalized spacial score (nSPS) is 25.5. The molecule has 0 spiro atoms. The molecule has 1 fully saturated rings. The number of carboxylic acid groups (broad SMARTS) is 1. The number of aromatic hydroxyl groups is 2. The third kappa shape index (κ3) is 3.63. The summed E-state index contributed by atoms with van der Waals surface area (Å²) in [6.45, 7) is 0. The second-order valence-corrected chi connectivity index (χ2v) is 7.14. The van der Waals surface area contributed by atoms with Crippen LogP contribution in [0, 0.1) is 0 Å². The van der Waals surface area contributed by atoms with Crippen LogP contribution in [0.4, 0.5) is 0 Å². The van der Waals surface area contributed by atoms with Gasteiger partial charge in [-0.05, 0) is 0 Å². The minimum absolute atomic E-state index is 0.164. The van der Waals surface area contributed by atoms with Gasteiger partial charge in [0.1, 0.15) is 35.0 Å². The fourth-order valence-corrected chi connectivity index (χ4v) is 3.38.